The van der Waals surface area contributed by atoms with Gasteiger partial charge in [-0.25, -0.2) is 8.42 Å². The van der Waals surface area contributed by atoms with Crippen molar-refractivity contribution in [3.05, 3.63) is 22.2 Å². The summed E-state index contributed by atoms with van der Waals surface area (Å²) in [6.07, 6.45) is 0.916. The number of primary amides is 1. The van der Waals surface area contributed by atoms with Crippen LogP contribution in [0.25, 0.3) is 0 Å². The van der Waals surface area contributed by atoms with Gasteiger partial charge in [0, 0.05) is 29.2 Å². The van der Waals surface area contributed by atoms with E-state index in [2.05, 4.69) is 15.9 Å². The zero-order valence-corrected chi connectivity index (χ0v) is 14.1. The molecule has 0 spiro atoms. The van der Waals surface area contributed by atoms with Gasteiger partial charge in [-0.1, -0.05) is 0 Å². The number of nitrogens with zero attached hydrogens (tertiary/aromatic N) is 1. The Morgan fingerprint density at radius 1 is 1.33 bits per heavy atom. The van der Waals surface area contributed by atoms with Gasteiger partial charge in [0.1, 0.15) is 0 Å². The maximum Gasteiger partial charge on any atom is 0.243 e. The van der Waals surface area contributed by atoms with Gasteiger partial charge in [-0.05, 0) is 53.4 Å². The van der Waals surface area contributed by atoms with Crippen molar-refractivity contribution in [2.45, 2.75) is 24.7 Å². The van der Waals surface area contributed by atoms with Gasteiger partial charge in [0.05, 0.1) is 4.90 Å². The van der Waals surface area contributed by atoms with Crippen LogP contribution in [-0.2, 0) is 14.8 Å². The SMILES string of the molecule is Cc1cc(Br)c(N)cc1S(=O)(=O)N1CCC(C(N)=O)CC1. The number of anilines is 1. The molecule has 8 heteroatoms. The highest BCUT2D eigenvalue weighted by Gasteiger charge is 2.32. The maximum atomic E-state index is 12.7. The zero-order valence-electron chi connectivity index (χ0n) is 11.7. The molecule has 1 saturated heterocycles. The van der Waals surface area contributed by atoms with Crippen molar-refractivity contribution >= 4 is 37.5 Å². The molecule has 1 aromatic rings. The summed E-state index contributed by atoms with van der Waals surface area (Å²) in [6.45, 7) is 2.32. The molecule has 0 unspecified atom stereocenters. The molecular weight excluding hydrogens is 358 g/mol. The van der Waals surface area contributed by atoms with Gasteiger partial charge < -0.3 is 11.5 Å². The average Bonchev–Trinajstić information content (AvgIpc) is 2.42. The molecule has 0 radical (unpaired) electrons. The first-order chi connectivity index (χ1) is 9.73. The van der Waals surface area contributed by atoms with Gasteiger partial charge in [0.15, 0.2) is 0 Å². The van der Waals surface area contributed by atoms with E-state index < -0.39 is 10.0 Å². The molecule has 1 aliphatic heterocycles. The predicted octanol–water partition coefficient (Wildman–Crippen LogP) is 1.23. The summed E-state index contributed by atoms with van der Waals surface area (Å²) in [4.78, 5) is 11.4. The fourth-order valence-corrected chi connectivity index (χ4v) is 4.64. The number of halogens is 1. The third-order valence-corrected chi connectivity index (χ3v) is 6.50. The first-order valence-corrected chi connectivity index (χ1v) is 8.82. The minimum absolute atomic E-state index is 0.209. The highest BCUT2D eigenvalue weighted by Crippen LogP contribution is 2.30. The number of piperidine rings is 1. The molecule has 4 N–H and O–H groups in total. The number of benzene rings is 1. The molecule has 1 aliphatic rings. The van der Waals surface area contributed by atoms with E-state index in [-0.39, 0.29) is 16.7 Å². The lowest BCUT2D eigenvalue weighted by Crippen LogP contribution is -2.41. The Morgan fingerprint density at radius 3 is 2.43 bits per heavy atom. The van der Waals surface area contributed by atoms with E-state index in [1.165, 1.54) is 10.4 Å². The smallest absolute Gasteiger partial charge is 0.243 e. The topological polar surface area (TPSA) is 106 Å². The van der Waals surface area contributed by atoms with Crippen molar-refractivity contribution in [2.75, 3.05) is 18.8 Å². The third-order valence-electron chi connectivity index (χ3n) is 3.77. The monoisotopic (exact) mass is 375 g/mol. The summed E-state index contributed by atoms with van der Waals surface area (Å²) in [7, 11) is -3.60. The normalized spacial score (nSPS) is 17.8. The van der Waals surface area contributed by atoms with Crippen LogP contribution in [0.1, 0.15) is 18.4 Å². The highest BCUT2D eigenvalue weighted by atomic mass is 79.9. The predicted molar refractivity (Wildman–Crippen MR) is 84.0 cm³/mol. The van der Waals surface area contributed by atoms with Crippen LogP contribution in [-0.4, -0.2) is 31.7 Å². The van der Waals surface area contributed by atoms with Crippen molar-refractivity contribution in [2.24, 2.45) is 11.7 Å². The number of amides is 1. The van der Waals surface area contributed by atoms with E-state index >= 15 is 0 Å². The molecule has 0 aliphatic carbocycles. The Kier molecular flexibility index (Phi) is 4.60. The van der Waals surface area contributed by atoms with Gasteiger partial charge >= 0.3 is 0 Å². The van der Waals surface area contributed by atoms with Crippen LogP contribution in [0.3, 0.4) is 0 Å². The molecule has 0 atom stereocenters. The highest BCUT2D eigenvalue weighted by molar-refractivity contribution is 9.10. The Hall–Kier alpha value is -1.12. The fourth-order valence-electron chi connectivity index (χ4n) is 2.47. The molecule has 1 amide bonds. The fraction of sp³-hybridized carbons (Fsp3) is 0.462. The van der Waals surface area contributed by atoms with Gasteiger partial charge in [0.2, 0.25) is 15.9 Å². The molecule has 1 heterocycles. The summed E-state index contributed by atoms with van der Waals surface area (Å²) in [6, 6.07) is 3.16. The minimum atomic E-state index is -3.60. The lowest BCUT2D eigenvalue weighted by atomic mass is 9.98. The Bertz CT molecular complexity index is 667. The second-order valence-corrected chi connectivity index (χ2v) is 7.98. The number of rotatable bonds is 3. The van der Waals surface area contributed by atoms with Crippen LogP contribution in [0.5, 0.6) is 0 Å². The average molecular weight is 376 g/mol. The van der Waals surface area contributed by atoms with E-state index in [0.717, 1.165) is 0 Å². The number of hydrogen-bond donors (Lipinski definition) is 2. The lowest BCUT2D eigenvalue weighted by Gasteiger charge is -2.30. The molecular formula is C13H18BrN3O3S. The van der Waals surface area contributed by atoms with E-state index in [1.807, 2.05) is 0 Å². The third kappa shape index (κ3) is 3.22. The van der Waals surface area contributed by atoms with Gasteiger partial charge in [-0.3, -0.25) is 4.79 Å². The second-order valence-electron chi connectivity index (χ2n) is 5.22. The zero-order chi connectivity index (χ0) is 15.8. The summed E-state index contributed by atoms with van der Waals surface area (Å²) in [5.74, 6) is -0.608. The molecule has 0 saturated carbocycles. The summed E-state index contributed by atoms with van der Waals surface area (Å²) in [5, 5.41) is 0. The second kappa shape index (κ2) is 5.94. The van der Waals surface area contributed by atoms with Crippen molar-refractivity contribution in [1.82, 2.24) is 4.31 Å². The van der Waals surface area contributed by atoms with Crippen LogP contribution < -0.4 is 11.5 Å². The van der Waals surface area contributed by atoms with Crippen LogP contribution in [0.15, 0.2) is 21.5 Å². The van der Waals surface area contributed by atoms with Gasteiger partial charge in [-0.15, -0.1) is 0 Å². The first kappa shape index (κ1) is 16.3. The lowest BCUT2D eigenvalue weighted by molar-refractivity contribution is -0.122. The van der Waals surface area contributed by atoms with E-state index in [4.69, 9.17) is 11.5 Å². The molecule has 1 aromatic carbocycles. The Balaban J connectivity index is 2.28. The summed E-state index contributed by atoms with van der Waals surface area (Å²) >= 11 is 3.28. The van der Waals surface area contributed by atoms with Gasteiger partial charge in [0.25, 0.3) is 0 Å². The van der Waals surface area contributed by atoms with Crippen molar-refractivity contribution in [1.29, 1.82) is 0 Å². The number of carbonyl (C=O) groups excluding carboxylic acids is 1. The number of sulfonamides is 1. The summed E-state index contributed by atoms with van der Waals surface area (Å²) < 4.78 is 27.4. The number of nitrogen functional groups attached to an aromatic ring is 1. The van der Waals surface area contributed by atoms with Gasteiger partial charge in [-0.2, -0.15) is 4.31 Å². The van der Waals surface area contributed by atoms with Crippen LogP contribution >= 0.6 is 15.9 Å². The van der Waals surface area contributed by atoms with E-state index in [0.29, 0.717) is 41.7 Å². The molecule has 0 bridgehead atoms. The number of nitrogens with two attached hydrogens (primary N) is 2. The van der Waals surface area contributed by atoms with Crippen LogP contribution in [0.4, 0.5) is 5.69 Å². The Labute approximate surface area is 132 Å². The standard InChI is InChI=1S/C13H18BrN3O3S/c1-8-6-10(14)11(15)7-12(8)21(19,20)17-4-2-9(3-5-17)13(16)18/h6-7,9H,2-5,15H2,1H3,(H2,16,18). The van der Waals surface area contributed by atoms with Crippen molar-refractivity contribution in [3.63, 3.8) is 0 Å². The molecule has 116 valence electrons. The summed E-state index contributed by atoms with van der Waals surface area (Å²) in [5.41, 5.74) is 12.1. The molecule has 0 aromatic heterocycles. The number of hydrogen-bond acceptors (Lipinski definition) is 4. The van der Waals surface area contributed by atoms with Crippen LogP contribution in [0.2, 0.25) is 0 Å². The molecule has 6 nitrogen and oxygen atoms in total. The number of carbonyl (C=O) groups is 1. The van der Waals surface area contributed by atoms with Crippen molar-refractivity contribution < 1.29 is 13.2 Å². The first-order valence-electron chi connectivity index (χ1n) is 6.58. The van der Waals surface area contributed by atoms with Crippen molar-refractivity contribution in [3.8, 4) is 0 Å². The van der Waals surface area contributed by atoms with E-state index in [1.54, 1.807) is 13.0 Å². The Morgan fingerprint density at radius 2 is 1.90 bits per heavy atom. The molecule has 1 fully saturated rings. The molecule has 21 heavy (non-hydrogen) atoms. The number of aryl methyl sites for hydroxylation is 1. The maximum absolute atomic E-state index is 12.7. The quantitative estimate of drug-likeness (QED) is 0.774. The van der Waals surface area contributed by atoms with Crippen LogP contribution in [0, 0.1) is 12.8 Å². The molecule has 2 rings (SSSR count). The minimum Gasteiger partial charge on any atom is -0.398 e. The van der Waals surface area contributed by atoms with E-state index in [9.17, 15) is 13.2 Å². The largest absolute Gasteiger partial charge is 0.398 e.